The third-order valence-electron chi connectivity index (χ3n) is 2.13. The minimum Gasteiger partial charge on any atom is -0.467 e. The van der Waals surface area contributed by atoms with Crippen molar-refractivity contribution in [1.82, 2.24) is 4.98 Å². The summed E-state index contributed by atoms with van der Waals surface area (Å²) in [6, 6.07) is 3.93. The first-order valence-electron chi connectivity index (χ1n) is 4.63. The molecule has 1 N–H and O–H groups in total. The number of nitrogens with zero attached hydrogens (tertiary/aromatic N) is 1. The van der Waals surface area contributed by atoms with E-state index in [9.17, 15) is 0 Å². The van der Waals surface area contributed by atoms with Gasteiger partial charge in [-0.1, -0.05) is 0 Å². The van der Waals surface area contributed by atoms with E-state index in [1.807, 2.05) is 19.1 Å². The standard InChI is InChI=1S/C11H11BrN2O/c1-8-2-3-15-11(8)7-14-10-4-9(12)5-13-6-10/h2-6,14H,7H2,1H3. The van der Waals surface area contributed by atoms with Crippen molar-refractivity contribution < 1.29 is 4.42 Å². The highest BCUT2D eigenvalue weighted by Crippen LogP contribution is 2.16. The number of anilines is 1. The summed E-state index contributed by atoms with van der Waals surface area (Å²) in [5, 5.41) is 3.24. The fourth-order valence-electron chi connectivity index (χ4n) is 1.28. The number of halogens is 1. The minimum atomic E-state index is 0.678. The lowest BCUT2D eigenvalue weighted by Crippen LogP contribution is -1.99. The maximum absolute atomic E-state index is 5.32. The van der Waals surface area contributed by atoms with Gasteiger partial charge in [-0.05, 0) is 40.5 Å². The molecule has 0 saturated carbocycles. The largest absolute Gasteiger partial charge is 0.467 e. The molecule has 0 aliphatic rings. The van der Waals surface area contributed by atoms with Gasteiger partial charge in [-0.25, -0.2) is 0 Å². The first-order chi connectivity index (χ1) is 7.25. The zero-order valence-electron chi connectivity index (χ0n) is 8.33. The Hall–Kier alpha value is -1.29. The summed E-state index contributed by atoms with van der Waals surface area (Å²) < 4.78 is 6.28. The Balaban J connectivity index is 2.02. The number of aromatic nitrogens is 1. The molecular formula is C11H11BrN2O. The lowest BCUT2D eigenvalue weighted by Gasteiger charge is -2.04. The Labute approximate surface area is 96.6 Å². The smallest absolute Gasteiger partial charge is 0.125 e. The molecule has 3 nitrogen and oxygen atoms in total. The van der Waals surface area contributed by atoms with Crippen LogP contribution in [0.2, 0.25) is 0 Å². The summed E-state index contributed by atoms with van der Waals surface area (Å²) >= 11 is 3.37. The van der Waals surface area contributed by atoms with E-state index in [1.54, 1.807) is 18.7 Å². The van der Waals surface area contributed by atoms with Crippen molar-refractivity contribution in [3.05, 3.63) is 46.6 Å². The molecule has 0 aromatic carbocycles. The Morgan fingerprint density at radius 3 is 3.00 bits per heavy atom. The fourth-order valence-corrected chi connectivity index (χ4v) is 1.64. The molecule has 2 aromatic heterocycles. The zero-order valence-corrected chi connectivity index (χ0v) is 9.91. The second-order valence-corrected chi connectivity index (χ2v) is 4.19. The minimum absolute atomic E-state index is 0.678. The van der Waals surface area contributed by atoms with Crippen molar-refractivity contribution >= 4 is 21.6 Å². The topological polar surface area (TPSA) is 38.1 Å². The van der Waals surface area contributed by atoms with Gasteiger partial charge in [0.1, 0.15) is 5.76 Å². The predicted octanol–water partition coefficient (Wildman–Crippen LogP) is 3.36. The molecule has 0 spiro atoms. The average Bonchev–Trinajstić information content (AvgIpc) is 2.61. The van der Waals surface area contributed by atoms with Crippen LogP contribution in [-0.2, 0) is 6.54 Å². The van der Waals surface area contributed by atoms with Gasteiger partial charge in [0, 0.05) is 10.7 Å². The van der Waals surface area contributed by atoms with Crippen LogP contribution in [0.3, 0.4) is 0 Å². The van der Waals surface area contributed by atoms with Gasteiger partial charge in [-0.2, -0.15) is 0 Å². The summed E-state index contributed by atoms with van der Waals surface area (Å²) in [6.45, 7) is 2.70. The van der Waals surface area contributed by atoms with Crippen LogP contribution in [0, 0.1) is 6.92 Å². The molecule has 0 atom stereocenters. The third-order valence-corrected chi connectivity index (χ3v) is 2.56. The highest BCUT2D eigenvalue weighted by Gasteiger charge is 2.01. The second kappa shape index (κ2) is 4.49. The quantitative estimate of drug-likeness (QED) is 0.926. The maximum atomic E-state index is 5.32. The molecule has 0 amide bonds. The molecule has 78 valence electrons. The maximum Gasteiger partial charge on any atom is 0.125 e. The average molecular weight is 267 g/mol. The van der Waals surface area contributed by atoms with E-state index >= 15 is 0 Å². The summed E-state index contributed by atoms with van der Waals surface area (Å²) in [6.07, 6.45) is 5.23. The Kier molecular flexibility index (Phi) is 3.06. The van der Waals surface area contributed by atoms with Crippen molar-refractivity contribution in [3.8, 4) is 0 Å². The summed E-state index contributed by atoms with van der Waals surface area (Å²) in [7, 11) is 0. The van der Waals surface area contributed by atoms with Crippen molar-refractivity contribution in [2.45, 2.75) is 13.5 Å². The number of pyridine rings is 1. The van der Waals surface area contributed by atoms with E-state index in [1.165, 1.54) is 0 Å². The normalized spacial score (nSPS) is 10.3. The lowest BCUT2D eigenvalue weighted by atomic mass is 10.3. The molecule has 0 aliphatic carbocycles. The van der Waals surface area contributed by atoms with E-state index < -0.39 is 0 Å². The van der Waals surface area contributed by atoms with Crippen molar-refractivity contribution in [2.24, 2.45) is 0 Å². The van der Waals surface area contributed by atoms with Crippen LogP contribution in [-0.4, -0.2) is 4.98 Å². The first kappa shape index (κ1) is 10.2. The van der Waals surface area contributed by atoms with Crippen molar-refractivity contribution in [1.29, 1.82) is 0 Å². The molecule has 0 bridgehead atoms. The van der Waals surface area contributed by atoms with Crippen LogP contribution in [0.15, 0.2) is 39.7 Å². The molecule has 2 rings (SSSR count). The first-order valence-corrected chi connectivity index (χ1v) is 5.42. The van der Waals surface area contributed by atoms with Crippen LogP contribution in [0.1, 0.15) is 11.3 Å². The molecule has 15 heavy (non-hydrogen) atoms. The van der Waals surface area contributed by atoms with Gasteiger partial charge in [0.25, 0.3) is 0 Å². The monoisotopic (exact) mass is 266 g/mol. The van der Waals surface area contributed by atoms with Gasteiger partial charge < -0.3 is 9.73 Å². The number of nitrogens with one attached hydrogen (secondary N) is 1. The number of hydrogen-bond donors (Lipinski definition) is 1. The lowest BCUT2D eigenvalue weighted by molar-refractivity contribution is 0.515. The molecule has 0 unspecified atom stereocenters. The Morgan fingerprint density at radius 1 is 1.47 bits per heavy atom. The number of furan rings is 1. The molecule has 2 heterocycles. The summed E-state index contributed by atoms with van der Waals surface area (Å²) in [4.78, 5) is 4.07. The van der Waals surface area contributed by atoms with Crippen molar-refractivity contribution in [3.63, 3.8) is 0 Å². The summed E-state index contributed by atoms with van der Waals surface area (Å²) in [5.74, 6) is 0.954. The van der Waals surface area contributed by atoms with Gasteiger partial charge >= 0.3 is 0 Å². The van der Waals surface area contributed by atoms with Gasteiger partial charge in [0.15, 0.2) is 0 Å². The predicted molar refractivity (Wildman–Crippen MR) is 62.7 cm³/mol. The van der Waals surface area contributed by atoms with E-state index in [0.717, 1.165) is 21.5 Å². The number of hydrogen-bond acceptors (Lipinski definition) is 3. The molecule has 0 fully saturated rings. The van der Waals surface area contributed by atoms with Gasteiger partial charge in [-0.15, -0.1) is 0 Å². The Morgan fingerprint density at radius 2 is 2.33 bits per heavy atom. The van der Waals surface area contributed by atoms with E-state index in [-0.39, 0.29) is 0 Å². The van der Waals surface area contributed by atoms with Crippen LogP contribution in [0.25, 0.3) is 0 Å². The van der Waals surface area contributed by atoms with Crippen LogP contribution in [0.4, 0.5) is 5.69 Å². The molecule has 4 heteroatoms. The fraction of sp³-hybridized carbons (Fsp3) is 0.182. The number of rotatable bonds is 3. The number of aryl methyl sites for hydroxylation is 1. The SMILES string of the molecule is Cc1ccoc1CNc1cncc(Br)c1. The highest BCUT2D eigenvalue weighted by atomic mass is 79.9. The molecule has 0 aliphatic heterocycles. The van der Waals surface area contributed by atoms with Crippen LogP contribution >= 0.6 is 15.9 Å². The third kappa shape index (κ3) is 2.59. The molecular weight excluding hydrogens is 256 g/mol. The van der Waals surface area contributed by atoms with Crippen molar-refractivity contribution in [2.75, 3.05) is 5.32 Å². The van der Waals surface area contributed by atoms with E-state index in [0.29, 0.717) is 6.54 Å². The van der Waals surface area contributed by atoms with Gasteiger partial charge in [-0.3, -0.25) is 4.98 Å². The summed E-state index contributed by atoms with van der Waals surface area (Å²) in [5.41, 5.74) is 2.13. The van der Waals surface area contributed by atoms with Gasteiger partial charge in [0.2, 0.25) is 0 Å². The molecule has 0 saturated heterocycles. The van der Waals surface area contributed by atoms with E-state index in [4.69, 9.17) is 4.42 Å². The van der Waals surface area contributed by atoms with Crippen LogP contribution in [0.5, 0.6) is 0 Å². The van der Waals surface area contributed by atoms with Gasteiger partial charge in [0.05, 0.1) is 24.7 Å². The zero-order chi connectivity index (χ0) is 10.7. The second-order valence-electron chi connectivity index (χ2n) is 3.27. The van der Waals surface area contributed by atoms with E-state index in [2.05, 4.69) is 26.2 Å². The Bertz CT molecular complexity index is 453. The van der Waals surface area contributed by atoms with Crippen LogP contribution < -0.4 is 5.32 Å². The molecule has 0 radical (unpaired) electrons. The highest BCUT2D eigenvalue weighted by molar-refractivity contribution is 9.10. The molecule has 2 aromatic rings.